The molecule has 5 heteroatoms. The van der Waals surface area contributed by atoms with Crippen molar-refractivity contribution in [1.29, 1.82) is 0 Å². The zero-order valence-electron chi connectivity index (χ0n) is 11.2. The Hall–Kier alpha value is -1.48. The predicted molar refractivity (Wildman–Crippen MR) is 86.2 cm³/mol. The first-order valence-electron chi connectivity index (χ1n) is 6.21. The van der Waals surface area contributed by atoms with Gasteiger partial charge in [0.05, 0.1) is 5.52 Å². The Balaban J connectivity index is 0.00000161. The van der Waals surface area contributed by atoms with Gasteiger partial charge in [0.15, 0.2) is 0 Å². The molecule has 0 spiro atoms. The molecule has 21 heavy (non-hydrogen) atoms. The van der Waals surface area contributed by atoms with Crippen LogP contribution in [-0.2, 0) is 0 Å². The first-order chi connectivity index (χ1) is 9.61. The van der Waals surface area contributed by atoms with Crippen molar-refractivity contribution >= 4 is 45.5 Å². The summed E-state index contributed by atoms with van der Waals surface area (Å²) in [5, 5.41) is 5.75. The number of nitrogens with one attached hydrogen (secondary N) is 1. The van der Waals surface area contributed by atoms with Gasteiger partial charge in [-0.15, -0.1) is 0 Å². The molecule has 0 aliphatic carbocycles. The van der Waals surface area contributed by atoms with Crippen LogP contribution in [0.25, 0.3) is 10.9 Å². The molecule has 0 unspecified atom stereocenters. The van der Waals surface area contributed by atoms with Crippen LogP contribution >= 0.6 is 23.2 Å². The van der Waals surface area contributed by atoms with E-state index in [-0.39, 0.29) is 12.4 Å². The third kappa shape index (κ3) is 3.59. The van der Waals surface area contributed by atoms with Crippen molar-refractivity contribution < 1.29 is 12.4 Å². The summed E-state index contributed by atoms with van der Waals surface area (Å²) >= 11 is 12.1. The number of benzene rings is 2. The molecular weight excluding hydrogens is 327 g/mol. The normalized spacial score (nSPS) is 10.2. The smallest absolute Gasteiger partial charge is 0.0727 e. The summed E-state index contributed by atoms with van der Waals surface area (Å²) in [6.07, 6.45) is 0. The highest BCUT2D eigenvalue weighted by Gasteiger charge is 2.05. The topological polar surface area (TPSA) is 24.9 Å². The molecule has 0 atom stereocenters. The summed E-state index contributed by atoms with van der Waals surface area (Å²) < 4.78 is 0. The van der Waals surface area contributed by atoms with E-state index in [1.807, 2.05) is 55.5 Å². The van der Waals surface area contributed by atoms with E-state index in [0.29, 0.717) is 10.0 Å². The van der Waals surface area contributed by atoms with Crippen molar-refractivity contribution in [2.24, 2.45) is 0 Å². The molecular formula is C16H12Cl3N2-. The molecule has 0 amide bonds. The van der Waals surface area contributed by atoms with Crippen LogP contribution in [0.2, 0.25) is 10.0 Å². The minimum absolute atomic E-state index is 0. The molecule has 0 fully saturated rings. The minimum Gasteiger partial charge on any atom is -1.00 e. The number of aryl methyl sites for hydroxylation is 1. The van der Waals surface area contributed by atoms with Gasteiger partial charge in [0.1, 0.15) is 0 Å². The van der Waals surface area contributed by atoms with Gasteiger partial charge in [-0.2, -0.15) is 0 Å². The Morgan fingerprint density at radius 1 is 0.952 bits per heavy atom. The molecule has 3 aromatic rings. The van der Waals surface area contributed by atoms with Gasteiger partial charge in [-0.3, -0.25) is 4.98 Å². The number of aromatic nitrogens is 1. The van der Waals surface area contributed by atoms with Crippen LogP contribution < -0.4 is 17.7 Å². The molecule has 0 saturated heterocycles. The van der Waals surface area contributed by atoms with Gasteiger partial charge in [0.25, 0.3) is 0 Å². The van der Waals surface area contributed by atoms with Crippen molar-refractivity contribution in [2.45, 2.75) is 6.92 Å². The van der Waals surface area contributed by atoms with Crippen molar-refractivity contribution in [3.63, 3.8) is 0 Å². The zero-order valence-corrected chi connectivity index (χ0v) is 13.5. The molecule has 0 bridgehead atoms. The fourth-order valence-corrected chi connectivity index (χ4v) is 2.52. The molecule has 1 heterocycles. The first-order valence-corrected chi connectivity index (χ1v) is 6.97. The second kappa shape index (κ2) is 6.52. The molecule has 0 aliphatic heterocycles. The van der Waals surface area contributed by atoms with Crippen LogP contribution in [0.5, 0.6) is 0 Å². The molecule has 0 saturated carbocycles. The second-order valence-electron chi connectivity index (χ2n) is 4.61. The lowest BCUT2D eigenvalue weighted by atomic mass is 10.1. The van der Waals surface area contributed by atoms with Gasteiger partial charge in [-0.05, 0) is 49.4 Å². The van der Waals surface area contributed by atoms with Crippen LogP contribution in [0.1, 0.15) is 5.69 Å². The average Bonchev–Trinajstić information content (AvgIpc) is 2.39. The van der Waals surface area contributed by atoms with Gasteiger partial charge in [0, 0.05) is 32.5 Å². The predicted octanol–water partition coefficient (Wildman–Crippen LogP) is 2.60. The minimum atomic E-state index is 0. The quantitative estimate of drug-likeness (QED) is 0.777. The van der Waals surface area contributed by atoms with Gasteiger partial charge >= 0.3 is 0 Å². The van der Waals surface area contributed by atoms with E-state index in [9.17, 15) is 0 Å². The third-order valence-corrected chi connectivity index (χ3v) is 3.47. The summed E-state index contributed by atoms with van der Waals surface area (Å²) in [4.78, 5) is 4.51. The Morgan fingerprint density at radius 3 is 2.48 bits per heavy atom. The van der Waals surface area contributed by atoms with Gasteiger partial charge in [-0.25, -0.2) is 0 Å². The number of hydrogen-bond donors (Lipinski definition) is 1. The second-order valence-corrected chi connectivity index (χ2v) is 5.48. The monoisotopic (exact) mass is 337 g/mol. The summed E-state index contributed by atoms with van der Waals surface area (Å²) in [7, 11) is 0. The Morgan fingerprint density at radius 2 is 1.71 bits per heavy atom. The lowest BCUT2D eigenvalue weighted by Crippen LogP contribution is -3.00. The fraction of sp³-hybridized carbons (Fsp3) is 0.0625. The van der Waals surface area contributed by atoms with Crippen LogP contribution in [0, 0.1) is 6.92 Å². The third-order valence-electron chi connectivity index (χ3n) is 3.00. The maximum atomic E-state index is 6.08. The average molecular weight is 339 g/mol. The van der Waals surface area contributed by atoms with Crippen LogP contribution in [0.3, 0.4) is 0 Å². The molecule has 2 aromatic carbocycles. The van der Waals surface area contributed by atoms with E-state index in [4.69, 9.17) is 23.2 Å². The lowest BCUT2D eigenvalue weighted by Gasteiger charge is -2.11. The highest BCUT2D eigenvalue weighted by atomic mass is 35.5. The van der Waals surface area contributed by atoms with E-state index < -0.39 is 0 Å². The number of fused-ring (bicyclic) bond motifs is 1. The molecule has 1 N–H and O–H groups in total. The lowest BCUT2D eigenvalue weighted by molar-refractivity contribution is -0.00000390. The number of rotatable bonds is 2. The van der Waals surface area contributed by atoms with E-state index in [1.54, 1.807) is 0 Å². The fourth-order valence-electron chi connectivity index (χ4n) is 2.16. The summed E-state index contributed by atoms with van der Waals surface area (Å²) in [6.45, 7) is 1.97. The summed E-state index contributed by atoms with van der Waals surface area (Å²) in [5.74, 6) is 0. The first kappa shape index (κ1) is 15.9. The molecule has 0 radical (unpaired) electrons. The number of pyridine rings is 1. The van der Waals surface area contributed by atoms with Crippen molar-refractivity contribution in [3.05, 3.63) is 64.3 Å². The molecule has 2 nitrogen and oxygen atoms in total. The number of nitrogens with zero attached hydrogens (tertiary/aromatic N) is 1. The van der Waals surface area contributed by atoms with E-state index in [2.05, 4.69) is 10.3 Å². The molecule has 1 aromatic heterocycles. The number of hydrogen-bond acceptors (Lipinski definition) is 2. The van der Waals surface area contributed by atoms with Crippen molar-refractivity contribution in [3.8, 4) is 0 Å². The summed E-state index contributed by atoms with van der Waals surface area (Å²) in [5.41, 5.74) is 3.77. The van der Waals surface area contributed by atoms with Crippen LogP contribution in [-0.4, -0.2) is 4.98 Å². The van der Waals surface area contributed by atoms with Crippen LogP contribution in [0.4, 0.5) is 11.4 Å². The molecule has 3 rings (SSSR count). The Kier molecular flexibility index (Phi) is 4.94. The van der Waals surface area contributed by atoms with E-state index >= 15 is 0 Å². The Bertz CT molecular complexity index is 788. The maximum absolute atomic E-state index is 6.08. The van der Waals surface area contributed by atoms with Gasteiger partial charge in [0.2, 0.25) is 0 Å². The van der Waals surface area contributed by atoms with E-state index in [1.165, 1.54) is 0 Å². The largest absolute Gasteiger partial charge is 1.00 e. The molecule has 108 valence electrons. The van der Waals surface area contributed by atoms with Crippen molar-refractivity contribution in [1.82, 2.24) is 4.98 Å². The van der Waals surface area contributed by atoms with Gasteiger partial charge in [-0.1, -0.05) is 29.3 Å². The number of anilines is 2. The summed E-state index contributed by atoms with van der Waals surface area (Å²) in [6, 6.07) is 15.3. The highest BCUT2D eigenvalue weighted by Crippen LogP contribution is 2.29. The zero-order chi connectivity index (χ0) is 14.1. The highest BCUT2D eigenvalue weighted by molar-refractivity contribution is 6.31. The van der Waals surface area contributed by atoms with E-state index in [0.717, 1.165) is 28.0 Å². The Labute approximate surface area is 139 Å². The van der Waals surface area contributed by atoms with Crippen molar-refractivity contribution in [2.75, 3.05) is 5.32 Å². The molecule has 0 aliphatic rings. The van der Waals surface area contributed by atoms with Crippen LogP contribution in [0.15, 0.2) is 48.5 Å². The SMILES string of the molecule is Cc1cc(Nc2cccc(Cl)c2)c2cc(Cl)ccc2n1.[Cl-]. The standard InChI is InChI=1S/C16H12Cl2N2.ClH/c1-10-7-16(20-13-4-2-3-11(17)8-13)14-9-12(18)5-6-15(14)19-10;/h2-9H,1H3,(H,19,20);1H/p-1. The maximum Gasteiger partial charge on any atom is 0.0727 e. The number of halogens is 3. The van der Waals surface area contributed by atoms with Gasteiger partial charge < -0.3 is 17.7 Å².